The van der Waals surface area contributed by atoms with Gasteiger partial charge in [0.15, 0.2) is 0 Å². The third-order valence-electron chi connectivity index (χ3n) is 4.03. The zero-order valence-corrected chi connectivity index (χ0v) is 14.4. The van der Waals surface area contributed by atoms with E-state index in [2.05, 4.69) is 0 Å². The van der Waals surface area contributed by atoms with E-state index in [1.54, 1.807) is 13.0 Å². The molecular formula is C17H23NO4S. The molecule has 0 amide bonds. The molecule has 0 saturated carbocycles. The number of nitrogens with zero attached hydrogens (tertiary/aromatic N) is 1. The predicted octanol–water partition coefficient (Wildman–Crippen LogP) is 2.30. The SMILES string of the molecule is CCOC(=O)/C=C(\c1ccccc1)C1CCN(S(C)(=O)=O)CC1. The lowest BCUT2D eigenvalue weighted by atomic mass is 9.85. The number of ether oxygens (including phenoxy) is 1. The standard InChI is InChI=1S/C17H23NO4S/c1-3-22-17(19)13-16(14-7-5-4-6-8-14)15-9-11-18(12-10-15)23(2,20)21/h4-8,13,15H,3,9-12H2,1-2H3/b16-13+. The molecular weight excluding hydrogens is 314 g/mol. The van der Waals surface area contributed by atoms with Crippen LogP contribution in [-0.4, -0.2) is 44.6 Å². The van der Waals surface area contributed by atoms with Crippen molar-refractivity contribution in [1.82, 2.24) is 4.31 Å². The first-order valence-corrected chi connectivity index (χ1v) is 9.65. The van der Waals surface area contributed by atoms with Crippen LogP contribution in [0.1, 0.15) is 25.3 Å². The van der Waals surface area contributed by atoms with Crippen LogP contribution < -0.4 is 0 Å². The Kier molecular flexibility index (Phi) is 5.96. The molecule has 2 rings (SSSR count). The summed E-state index contributed by atoms with van der Waals surface area (Å²) in [4.78, 5) is 11.9. The highest BCUT2D eigenvalue weighted by Gasteiger charge is 2.27. The van der Waals surface area contributed by atoms with Crippen molar-refractivity contribution >= 4 is 21.6 Å². The quantitative estimate of drug-likeness (QED) is 0.611. The summed E-state index contributed by atoms with van der Waals surface area (Å²) in [5, 5.41) is 0. The van der Waals surface area contributed by atoms with Gasteiger partial charge >= 0.3 is 5.97 Å². The minimum atomic E-state index is -3.15. The molecule has 1 aromatic rings. The van der Waals surface area contributed by atoms with Crippen LogP contribution in [0.5, 0.6) is 0 Å². The van der Waals surface area contributed by atoms with Gasteiger partial charge in [-0.15, -0.1) is 0 Å². The van der Waals surface area contributed by atoms with Crippen LogP contribution in [-0.2, 0) is 19.6 Å². The van der Waals surface area contributed by atoms with Crippen molar-refractivity contribution in [3.05, 3.63) is 42.0 Å². The van der Waals surface area contributed by atoms with Crippen molar-refractivity contribution in [2.24, 2.45) is 5.92 Å². The maximum absolute atomic E-state index is 11.9. The fourth-order valence-corrected chi connectivity index (χ4v) is 3.75. The predicted molar refractivity (Wildman–Crippen MR) is 90.2 cm³/mol. The summed E-state index contributed by atoms with van der Waals surface area (Å²) in [7, 11) is -3.15. The lowest BCUT2D eigenvalue weighted by Gasteiger charge is -2.31. The largest absolute Gasteiger partial charge is 0.463 e. The minimum absolute atomic E-state index is 0.153. The van der Waals surface area contributed by atoms with E-state index in [-0.39, 0.29) is 11.9 Å². The van der Waals surface area contributed by atoms with Gasteiger partial charge in [-0.05, 0) is 36.8 Å². The molecule has 0 spiro atoms. The van der Waals surface area contributed by atoms with E-state index >= 15 is 0 Å². The lowest BCUT2D eigenvalue weighted by molar-refractivity contribution is -0.137. The summed E-state index contributed by atoms with van der Waals surface area (Å²) in [5.41, 5.74) is 1.91. The molecule has 23 heavy (non-hydrogen) atoms. The van der Waals surface area contributed by atoms with Crippen LogP contribution in [0.3, 0.4) is 0 Å². The molecule has 0 unspecified atom stereocenters. The number of allylic oxidation sites excluding steroid dienone is 1. The van der Waals surface area contributed by atoms with E-state index in [4.69, 9.17) is 4.74 Å². The smallest absolute Gasteiger partial charge is 0.331 e. The first-order valence-electron chi connectivity index (χ1n) is 7.80. The molecule has 0 aliphatic carbocycles. The Bertz CT molecular complexity index is 659. The number of rotatable bonds is 5. The zero-order valence-electron chi connectivity index (χ0n) is 13.6. The first-order chi connectivity index (χ1) is 10.9. The molecule has 1 aliphatic rings. The van der Waals surface area contributed by atoms with Crippen LogP contribution >= 0.6 is 0 Å². The highest BCUT2D eigenvalue weighted by atomic mass is 32.2. The number of sulfonamides is 1. The molecule has 126 valence electrons. The van der Waals surface area contributed by atoms with Gasteiger partial charge in [-0.25, -0.2) is 17.5 Å². The second-order valence-corrected chi connectivity index (χ2v) is 7.64. The Balaban J connectivity index is 2.21. The van der Waals surface area contributed by atoms with Crippen molar-refractivity contribution in [3.63, 3.8) is 0 Å². The first kappa shape index (κ1) is 17.7. The summed E-state index contributed by atoms with van der Waals surface area (Å²) >= 11 is 0. The fraction of sp³-hybridized carbons (Fsp3) is 0.471. The van der Waals surface area contributed by atoms with Gasteiger partial charge in [0.25, 0.3) is 0 Å². The highest BCUT2D eigenvalue weighted by Crippen LogP contribution is 2.32. The third kappa shape index (κ3) is 4.91. The van der Waals surface area contributed by atoms with Crippen LogP contribution in [0.4, 0.5) is 0 Å². The Hall–Kier alpha value is -1.66. The number of benzene rings is 1. The van der Waals surface area contributed by atoms with Crippen LogP contribution in [0.25, 0.3) is 5.57 Å². The highest BCUT2D eigenvalue weighted by molar-refractivity contribution is 7.88. The number of piperidine rings is 1. The maximum atomic E-state index is 11.9. The molecule has 0 bridgehead atoms. The second kappa shape index (κ2) is 7.75. The Morgan fingerprint density at radius 1 is 1.26 bits per heavy atom. The number of carbonyl (C=O) groups excluding carboxylic acids is 1. The summed E-state index contributed by atoms with van der Waals surface area (Å²) in [5.74, 6) is -0.197. The summed E-state index contributed by atoms with van der Waals surface area (Å²) in [6.07, 6.45) is 4.19. The second-order valence-electron chi connectivity index (χ2n) is 5.65. The average Bonchev–Trinajstić information content (AvgIpc) is 2.53. The molecule has 1 aliphatic heterocycles. The summed E-state index contributed by atoms with van der Waals surface area (Å²) < 4.78 is 29.8. The minimum Gasteiger partial charge on any atom is -0.463 e. The van der Waals surface area contributed by atoms with Gasteiger partial charge in [0, 0.05) is 19.2 Å². The van der Waals surface area contributed by atoms with Crippen molar-refractivity contribution < 1.29 is 17.9 Å². The molecule has 5 nitrogen and oxygen atoms in total. The number of carbonyl (C=O) groups is 1. The zero-order chi connectivity index (χ0) is 16.9. The van der Waals surface area contributed by atoms with Gasteiger partial charge in [-0.2, -0.15) is 0 Å². The van der Waals surface area contributed by atoms with E-state index in [9.17, 15) is 13.2 Å². The van der Waals surface area contributed by atoms with Gasteiger partial charge in [0.05, 0.1) is 12.9 Å². The Morgan fingerprint density at radius 2 is 1.87 bits per heavy atom. The normalized spacial score (nSPS) is 17.9. The Labute approximate surface area is 138 Å². The van der Waals surface area contributed by atoms with Gasteiger partial charge in [-0.3, -0.25) is 0 Å². The van der Waals surface area contributed by atoms with E-state index < -0.39 is 10.0 Å². The van der Waals surface area contributed by atoms with Crippen molar-refractivity contribution in [2.45, 2.75) is 19.8 Å². The monoisotopic (exact) mass is 337 g/mol. The van der Waals surface area contributed by atoms with Gasteiger partial charge in [0.2, 0.25) is 10.0 Å². The molecule has 1 saturated heterocycles. The Morgan fingerprint density at radius 3 is 2.39 bits per heavy atom. The summed E-state index contributed by atoms with van der Waals surface area (Å²) in [6, 6.07) is 9.72. The molecule has 1 aromatic carbocycles. The van der Waals surface area contributed by atoms with Crippen molar-refractivity contribution in [3.8, 4) is 0 Å². The molecule has 1 fully saturated rings. The molecule has 0 aromatic heterocycles. The number of hydrogen-bond donors (Lipinski definition) is 0. The van der Waals surface area contributed by atoms with Gasteiger partial charge < -0.3 is 4.74 Å². The van der Waals surface area contributed by atoms with Crippen LogP contribution in [0, 0.1) is 5.92 Å². The number of hydrogen-bond acceptors (Lipinski definition) is 4. The van der Waals surface area contributed by atoms with Gasteiger partial charge in [0.1, 0.15) is 0 Å². The molecule has 0 N–H and O–H groups in total. The molecule has 1 heterocycles. The fourth-order valence-electron chi connectivity index (χ4n) is 2.88. The number of esters is 1. The van der Waals surface area contributed by atoms with E-state index in [1.807, 2.05) is 30.3 Å². The molecule has 0 radical (unpaired) electrons. The van der Waals surface area contributed by atoms with E-state index in [1.165, 1.54) is 10.6 Å². The maximum Gasteiger partial charge on any atom is 0.331 e. The van der Waals surface area contributed by atoms with Gasteiger partial charge in [-0.1, -0.05) is 30.3 Å². The summed E-state index contributed by atoms with van der Waals surface area (Å²) in [6.45, 7) is 3.08. The average molecular weight is 337 g/mol. The third-order valence-corrected chi connectivity index (χ3v) is 5.33. The van der Waals surface area contributed by atoms with Crippen LogP contribution in [0.15, 0.2) is 36.4 Å². The van der Waals surface area contributed by atoms with E-state index in [0.717, 1.165) is 11.1 Å². The van der Waals surface area contributed by atoms with Crippen LogP contribution in [0.2, 0.25) is 0 Å². The lowest BCUT2D eigenvalue weighted by Crippen LogP contribution is -2.38. The topological polar surface area (TPSA) is 63.7 Å². The van der Waals surface area contributed by atoms with Crippen molar-refractivity contribution in [2.75, 3.05) is 26.0 Å². The van der Waals surface area contributed by atoms with E-state index in [0.29, 0.717) is 32.5 Å². The molecule has 6 heteroatoms. The van der Waals surface area contributed by atoms with Crippen molar-refractivity contribution in [1.29, 1.82) is 0 Å². The molecule has 0 atom stereocenters.